The lowest BCUT2D eigenvalue weighted by molar-refractivity contribution is -0.536. The molecule has 0 radical (unpaired) electrons. The second-order valence-corrected chi connectivity index (χ2v) is 5.74. The molecule has 128 valence electrons. The molecular weight excluding hydrogens is 320 g/mol. The number of nitrogens with two attached hydrogens (primary N) is 1. The van der Waals surface area contributed by atoms with Crippen molar-refractivity contribution in [2.45, 2.75) is 18.9 Å². The summed E-state index contributed by atoms with van der Waals surface area (Å²) in [7, 11) is 1.34. The zero-order chi connectivity index (χ0) is 17.8. The second kappa shape index (κ2) is 7.23. The molecule has 0 fully saturated rings. The SMILES string of the molecule is COC(=O)c1ccc2c(c1)C(NC(=O)/C(C=N)=C1\N=CC=C[NH2+]1)CC2. The third-order valence-corrected chi connectivity index (χ3v) is 4.28. The van der Waals surface area contributed by atoms with Crippen molar-refractivity contribution in [2.24, 2.45) is 4.99 Å². The van der Waals surface area contributed by atoms with E-state index in [-0.39, 0.29) is 17.5 Å². The van der Waals surface area contributed by atoms with Crippen molar-refractivity contribution in [2.75, 3.05) is 7.11 Å². The number of allylic oxidation sites excluding steroid dienone is 1. The van der Waals surface area contributed by atoms with Crippen LogP contribution < -0.4 is 10.6 Å². The van der Waals surface area contributed by atoms with E-state index in [0.29, 0.717) is 11.4 Å². The molecule has 0 saturated heterocycles. The largest absolute Gasteiger partial charge is 0.465 e. The minimum Gasteiger partial charge on any atom is -0.465 e. The smallest absolute Gasteiger partial charge is 0.337 e. The van der Waals surface area contributed by atoms with Crippen LogP contribution in [0.5, 0.6) is 0 Å². The van der Waals surface area contributed by atoms with Gasteiger partial charge in [0, 0.05) is 18.5 Å². The summed E-state index contributed by atoms with van der Waals surface area (Å²) in [6.45, 7) is 0. The van der Waals surface area contributed by atoms with Crippen LogP contribution in [0.4, 0.5) is 0 Å². The second-order valence-electron chi connectivity index (χ2n) is 5.74. The molecule has 0 bridgehead atoms. The topological polar surface area (TPSA) is 108 Å². The number of hydrogen-bond acceptors (Lipinski definition) is 5. The van der Waals surface area contributed by atoms with Crippen LogP contribution in [0.15, 0.2) is 46.9 Å². The summed E-state index contributed by atoms with van der Waals surface area (Å²) < 4.78 is 4.76. The molecule has 7 nitrogen and oxygen atoms in total. The number of carbonyl (C=O) groups excluding carboxylic acids is 2. The molecule has 0 aromatic heterocycles. The fourth-order valence-electron chi connectivity index (χ4n) is 3.01. The van der Waals surface area contributed by atoms with E-state index in [9.17, 15) is 9.59 Å². The fourth-order valence-corrected chi connectivity index (χ4v) is 3.01. The van der Waals surface area contributed by atoms with E-state index in [0.717, 1.165) is 30.2 Å². The summed E-state index contributed by atoms with van der Waals surface area (Å²) in [5, 5.41) is 12.2. The van der Waals surface area contributed by atoms with Crippen LogP contribution in [0.1, 0.15) is 33.9 Å². The number of amides is 1. The van der Waals surface area contributed by atoms with Crippen molar-refractivity contribution in [1.82, 2.24) is 5.32 Å². The quantitative estimate of drug-likeness (QED) is 0.424. The predicted molar refractivity (Wildman–Crippen MR) is 92.4 cm³/mol. The molecule has 1 heterocycles. The molecule has 4 N–H and O–H groups in total. The average Bonchev–Trinajstić information content (AvgIpc) is 3.04. The Balaban J connectivity index is 1.82. The maximum absolute atomic E-state index is 12.6. The summed E-state index contributed by atoms with van der Waals surface area (Å²) in [4.78, 5) is 28.4. The summed E-state index contributed by atoms with van der Waals surface area (Å²) in [6, 6.07) is 5.20. The molecule has 3 rings (SSSR count). The van der Waals surface area contributed by atoms with E-state index in [1.807, 2.05) is 6.07 Å². The number of hydrogen-bond donors (Lipinski definition) is 3. The third-order valence-electron chi connectivity index (χ3n) is 4.28. The summed E-state index contributed by atoms with van der Waals surface area (Å²) in [5.41, 5.74) is 2.69. The lowest BCUT2D eigenvalue weighted by Gasteiger charge is -2.15. The number of ether oxygens (including phenoxy) is 1. The Morgan fingerprint density at radius 3 is 2.96 bits per heavy atom. The van der Waals surface area contributed by atoms with Crippen LogP contribution in [0.2, 0.25) is 0 Å². The highest BCUT2D eigenvalue weighted by molar-refractivity contribution is 6.12. The van der Waals surface area contributed by atoms with Gasteiger partial charge in [0.1, 0.15) is 11.8 Å². The molecule has 0 spiro atoms. The number of aliphatic imine (C=N–C) groups is 1. The van der Waals surface area contributed by atoms with Crippen LogP contribution in [-0.2, 0) is 16.0 Å². The first-order valence-electron chi connectivity index (χ1n) is 7.95. The maximum atomic E-state index is 12.6. The van der Waals surface area contributed by atoms with Crippen LogP contribution in [0.3, 0.4) is 0 Å². The van der Waals surface area contributed by atoms with E-state index >= 15 is 0 Å². The van der Waals surface area contributed by atoms with Gasteiger partial charge in [-0.25, -0.2) is 9.79 Å². The zero-order valence-corrected chi connectivity index (χ0v) is 13.8. The monoisotopic (exact) mass is 339 g/mol. The number of nitrogens with zero attached hydrogens (tertiary/aromatic N) is 1. The van der Waals surface area contributed by atoms with Gasteiger partial charge in [0.2, 0.25) is 5.82 Å². The number of benzene rings is 1. The van der Waals surface area contributed by atoms with Gasteiger partial charge in [0.15, 0.2) is 0 Å². The highest BCUT2D eigenvalue weighted by atomic mass is 16.5. The molecule has 2 aliphatic rings. The summed E-state index contributed by atoms with van der Waals surface area (Å²) >= 11 is 0. The van der Waals surface area contributed by atoms with Crippen molar-refractivity contribution in [1.29, 1.82) is 5.41 Å². The number of aryl methyl sites for hydroxylation is 1. The van der Waals surface area contributed by atoms with E-state index in [1.54, 1.807) is 35.9 Å². The molecule has 7 heteroatoms. The minimum atomic E-state index is -0.403. The molecule has 1 aliphatic heterocycles. The number of fused-ring (bicyclic) bond motifs is 1. The highest BCUT2D eigenvalue weighted by Crippen LogP contribution is 2.32. The Hall–Kier alpha value is -3.06. The fraction of sp³-hybridized carbons (Fsp3) is 0.222. The lowest BCUT2D eigenvalue weighted by atomic mass is 10.0. The molecule has 1 aliphatic carbocycles. The van der Waals surface area contributed by atoms with E-state index in [2.05, 4.69) is 10.3 Å². The van der Waals surface area contributed by atoms with Crippen LogP contribution in [0.25, 0.3) is 0 Å². The highest BCUT2D eigenvalue weighted by Gasteiger charge is 2.27. The molecule has 25 heavy (non-hydrogen) atoms. The average molecular weight is 339 g/mol. The Morgan fingerprint density at radius 2 is 2.28 bits per heavy atom. The number of esters is 1. The van der Waals surface area contributed by atoms with E-state index in [1.165, 1.54) is 7.11 Å². The Labute approximate surface area is 145 Å². The molecule has 0 saturated carbocycles. The number of methoxy groups -OCH3 is 1. The van der Waals surface area contributed by atoms with Gasteiger partial charge in [0.05, 0.1) is 18.7 Å². The van der Waals surface area contributed by atoms with Crippen molar-refractivity contribution in [3.63, 3.8) is 0 Å². The predicted octanol–water partition coefficient (Wildman–Crippen LogP) is 0.599. The van der Waals surface area contributed by atoms with Crippen molar-refractivity contribution < 1.29 is 19.6 Å². The molecule has 1 unspecified atom stereocenters. The third kappa shape index (κ3) is 3.41. The van der Waals surface area contributed by atoms with E-state index in [4.69, 9.17) is 10.1 Å². The molecular formula is C18H19N4O3+. The Kier molecular flexibility index (Phi) is 4.85. The number of quaternary nitrogens is 1. The first-order valence-corrected chi connectivity index (χ1v) is 7.95. The first-order chi connectivity index (χ1) is 12.1. The van der Waals surface area contributed by atoms with Gasteiger partial charge in [0.25, 0.3) is 5.91 Å². The van der Waals surface area contributed by atoms with Gasteiger partial charge in [-0.3, -0.25) is 10.1 Å². The maximum Gasteiger partial charge on any atom is 0.337 e. The summed E-state index contributed by atoms with van der Waals surface area (Å²) in [6.07, 6.45) is 7.69. The number of nitrogens with one attached hydrogen (secondary N) is 2. The standard InChI is InChI=1S/C18H18N4O3/c1-25-18(24)12-4-3-11-5-6-15(13(11)9-12)22-17(23)14(10-19)16-20-7-2-8-21-16/h2-4,7-10,15,19-20H,5-6H2,1H3,(H,22,23)/p+1/b16-14-,19-10?. The first kappa shape index (κ1) is 16.8. The normalized spacial score (nSPS) is 20.0. The van der Waals surface area contributed by atoms with Gasteiger partial charge in [-0.1, -0.05) is 6.07 Å². The zero-order valence-electron chi connectivity index (χ0n) is 13.8. The van der Waals surface area contributed by atoms with Crippen LogP contribution in [0, 0.1) is 5.41 Å². The van der Waals surface area contributed by atoms with Gasteiger partial charge < -0.3 is 15.5 Å². The van der Waals surface area contributed by atoms with Crippen LogP contribution >= 0.6 is 0 Å². The van der Waals surface area contributed by atoms with Crippen LogP contribution in [-0.4, -0.2) is 31.4 Å². The van der Waals surface area contributed by atoms with Crippen molar-refractivity contribution in [3.05, 3.63) is 58.6 Å². The minimum absolute atomic E-state index is 0.203. The van der Waals surface area contributed by atoms with Crippen molar-refractivity contribution in [3.8, 4) is 0 Å². The molecule has 1 atom stereocenters. The molecule has 1 amide bonds. The summed E-state index contributed by atoms with van der Waals surface area (Å²) in [5.74, 6) is -0.299. The van der Waals surface area contributed by atoms with Gasteiger partial charge in [-0.05, 0) is 36.1 Å². The number of rotatable bonds is 4. The number of carbonyl (C=O) groups is 2. The van der Waals surface area contributed by atoms with Gasteiger partial charge >= 0.3 is 5.97 Å². The Bertz CT molecular complexity index is 824. The van der Waals surface area contributed by atoms with E-state index < -0.39 is 5.97 Å². The molecule has 1 aromatic rings. The Morgan fingerprint density at radius 1 is 1.44 bits per heavy atom. The lowest BCUT2D eigenvalue weighted by Crippen LogP contribution is -2.76. The van der Waals surface area contributed by atoms with Gasteiger partial charge in [-0.15, -0.1) is 0 Å². The van der Waals surface area contributed by atoms with Gasteiger partial charge in [-0.2, -0.15) is 0 Å². The molecule has 1 aromatic carbocycles. The van der Waals surface area contributed by atoms with Crippen molar-refractivity contribution >= 4 is 24.3 Å².